The lowest BCUT2D eigenvalue weighted by Crippen LogP contribution is -2.03. The molecule has 0 atom stereocenters. The first-order valence-electron chi connectivity index (χ1n) is 4.92. The molecule has 2 rings (SSSR count). The van der Waals surface area contributed by atoms with E-state index in [1.54, 1.807) is 12.3 Å². The minimum Gasteiger partial charge on any atom is -0.392 e. The zero-order chi connectivity index (χ0) is 13.3. The van der Waals surface area contributed by atoms with Crippen molar-refractivity contribution in [3.63, 3.8) is 0 Å². The van der Waals surface area contributed by atoms with Gasteiger partial charge in [0.15, 0.2) is 15.7 Å². The summed E-state index contributed by atoms with van der Waals surface area (Å²) in [6, 6.07) is 1.70. The molecule has 2 aromatic rings. The largest absolute Gasteiger partial charge is 0.392 e. The number of hydrogen-bond donors (Lipinski definition) is 1. The van der Waals surface area contributed by atoms with Gasteiger partial charge in [-0.2, -0.15) is 5.10 Å². The summed E-state index contributed by atoms with van der Waals surface area (Å²) in [5, 5.41) is 13.2. The molecule has 0 spiro atoms. The number of hydrogen-bond acceptors (Lipinski definition) is 5. The maximum absolute atomic E-state index is 11.4. The van der Waals surface area contributed by atoms with E-state index in [2.05, 4.69) is 26.0 Å². The molecule has 96 valence electrons. The van der Waals surface area contributed by atoms with Crippen LogP contribution in [0.2, 0.25) is 0 Å². The Bertz CT molecular complexity index is 681. The maximum Gasteiger partial charge on any atom is 0.178 e. The van der Waals surface area contributed by atoms with E-state index >= 15 is 0 Å². The topological polar surface area (TPSA) is 85.1 Å². The Morgan fingerprint density at radius 2 is 2.17 bits per heavy atom. The first-order valence-corrected chi connectivity index (χ1v) is 7.60. The maximum atomic E-state index is 11.4. The molecule has 6 nitrogen and oxygen atoms in total. The van der Waals surface area contributed by atoms with Crippen LogP contribution in [0.4, 0.5) is 0 Å². The predicted octanol–water partition coefficient (Wildman–Crippen LogP) is 0.926. The van der Waals surface area contributed by atoms with Gasteiger partial charge >= 0.3 is 0 Å². The van der Waals surface area contributed by atoms with Crippen LogP contribution >= 0.6 is 15.9 Å². The second-order valence-electron chi connectivity index (χ2n) is 3.69. The van der Waals surface area contributed by atoms with Crippen LogP contribution in [0.25, 0.3) is 5.82 Å². The number of nitrogens with zero attached hydrogens (tertiary/aromatic N) is 3. The molecule has 0 saturated carbocycles. The van der Waals surface area contributed by atoms with E-state index in [0.717, 1.165) is 10.7 Å². The van der Waals surface area contributed by atoms with E-state index in [0.29, 0.717) is 11.4 Å². The van der Waals surface area contributed by atoms with Crippen LogP contribution in [-0.4, -0.2) is 34.5 Å². The molecule has 0 fully saturated rings. The summed E-state index contributed by atoms with van der Waals surface area (Å²) < 4.78 is 24.8. The third-order valence-electron chi connectivity index (χ3n) is 2.28. The average molecular weight is 332 g/mol. The number of sulfone groups is 1. The summed E-state index contributed by atoms with van der Waals surface area (Å²) in [7, 11) is -3.30. The van der Waals surface area contributed by atoms with Crippen molar-refractivity contribution >= 4 is 25.8 Å². The molecular weight excluding hydrogens is 322 g/mol. The van der Waals surface area contributed by atoms with Gasteiger partial charge in [0, 0.05) is 22.5 Å². The fourth-order valence-corrected chi connectivity index (χ4v) is 2.32. The summed E-state index contributed by atoms with van der Waals surface area (Å²) in [6.07, 6.45) is 5.28. The summed E-state index contributed by atoms with van der Waals surface area (Å²) in [5.41, 5.74) is 0.549. The van der Waals surface area contributed by atoms with E-state index < -0.39 is 9.84 Å². The second-order valence-corrected chi connectivity index (χ2v) is 6.62. The van der Waals surface area contributed by atoms with Crippen molar-refractivity contribution in [2.45, 2.75) is 11.5 Å². The number of rotatable bonds is 3. The Labute approximate surface area is 112 Å². The van der Waals surface area contributed by atoms with Gasteiger partial charge in [0.2, 0.25) is 0 Å². The Hall–Kier alpha value is -1.25. The zero-order valence-corrected chi connectivity index (χ0v) is 11.8. The van der Waals surface area contributed by atoms with Crippen LogP contribution in [0.15, 0.2) is 34.0 Å². The second kappa shape index (κ2) is 4.79. The number of aliphatic hydroxyl groups excluding tert-OH is 1. The average Bonchev–Trinajstić information content (AvgIpc) is 2.77. The number of pyridine rings is 1. The van der Waals surface area contributed by atoms with E-state index in [9.17, 15) is 13.5 Å². The van der Waals surface area contributed by atoms with Crippen molar-refractivity contribution in [2.75, 3.05) is 6.26 Å². The molecule has 0 radical (unpaired) electrons. The van der Waals surface area contributed by atoms with Crippen LogP contribution in [0, 0.1) is 0 Å². The smallest absolute Gasteiger partial charge is 0.178 e. The van der Waals surface area contributed by atoms with E-state index in [4.69, 9.17) is 0 Å². The SMILES string of the molecule is CS(=O)(=O)c1cnn(-c2ncc(Br)cc2CO)c1. The zero-order valence-electron chi connectivity index (χ0n) is 9.41. The van der Waals surface area contributed by atoms with Crippen molar-refractivity contribution < 1.29 is 13.5 Å². The molecule has 1 N–H and O–H groups in total. The van der Waals surface area contributed by atoms with E-state index in [-0.39, 0.29) is 11.5 Å². The van der Waals surface area contributed by atoms with Crippen LogP contribution in [0.3, 0.4) is 0 Å². The van der Waals surface area contributed by atoms with Crippen molar-refractivity contribution in [1.82, 2.24) is 14.8 Å². The highest BCUT2D eigenvalue weighted by Crippen LogP contribution is 2.18. The predicted molar refractivity (Wildman–Crippen MR) is 68.1 cm³/mol. The Morgan fingerprint density at radius 3 is 2.72 bits per heavy atom. The third kappa shape index (κ3) is 2.60. The van der Waals surface area contributed by atoms with Crippen molar-refractivity contribution in [3.05, 3.63) is 34.7 Å². The van der Waals surface area contributed by atoms with Gasteiger partial charge in [-0.15, -0.1) is 0 Å². The van der Waals surface area contributed by atoms with Gasteiger partial charge < -0.3 is 5.11 Å². The van der Waals surface area contributed by atoms with E-state index in [1.165, 1.54) is 17.1 Å². The molecule has 0 bridgehead atoms. The van der Waals surface area contributed by atoms with E-state index in [1.807, 2.05) is 0 Å². The highest BCUT2D eigenvalue weighted by atomic mass is 79.9. The fraction of sp³-hybridized carbons (Fsp3) is 0.200. The first-order chi connectivity index (χ1) is 8.41. The monoisotopic (exact) mass is 331 g/mol. The van der Waals surface area contributed by atoms with Gasteiger partial charge in [-0.25, -0.2) is 18.1 Å². The molecule has 18 heavy (non-hydrogen) atoms. The molecule has 0 amide bonds. The molecule has 0 aromatic carbocycles. The van der Waals surface area contributed by atoms with Crippen LogP contribution < -0.4 is 0 Å². The first kappa shape index (κ1) is 13.2. The van der Waals surface area contributed by atoms with Gasteiger partial charge in [-0.1, -0.05) is 0 Å². The highest BCUT2D eigenvalue weighted by Gasteiger charge is 2.13. The summed E-state index contributed by atoms with van der Waals surface area (Å²) in [6.45, 7) is -0.212. The van der Waals surface area contributed by atoms with Crippen LogP contribution in [0.5, 0.6) is 0 Å². The molecule has 0 unspecified atom stereocenters. The lowest BCUT2D eigenvalue weighted by Gasteiger charge is -2.06. The number of aliphatic hydroxyl groups is 1. The van der Waals surface area contributed by atoms with Gasteiger partial charge in [-0.3, -0.25) is 0 Å². The Morgan fingerprint density at radius 1 is 1.44 bits per heavy atom. The minimum absolute atomic E-state index is 0.108. The standard InChI is InChI=1S/C10H10BrN3O3S/c1-18(16,17)9-4-13-14(5-9)10-7(6-15)2-8(11)3-12-10/h2-5,15H,6H2,1H3. The molecule has 0 aliphatic rings. The minimum atomic E-state index is -3.30. The lowest BCUT2D eigenvalue weighted by molar-refractivity contribution is 0.280. The van der Waals surface area contributed by atoms with Gasteiger partial charge in [0.05, 0.1) is 19.0 Å². The molecular formula is C10H10BrN3O3S. The Balaban J connectivity index is 2.53. The number of halogens is 1. The third-order valence-corrected chi connectivity index (χ3v) is 3.78. The van der Waals surface area contributed by atoms with Crippen LogP contribution in [0.1, 0.15) is 5.56 Å². The molecule has 2 aromatic heterocycles. The van der Waals surface area contributed by atoms with Crippen LogP contribution in [-0.2, 0) is 16.4 Å². The fourth-order valence-electron chi connectivity index (χ4n) is 1.41. The summed E-state index contributed by atoms with van der Waals surface area (Å²) in [4.78, 5) is 4.22. The molecule has 8 heteroatoms. The molecule has 0 aliphatic carbocycles. The normalized spacial score (nSPS) is 11.7. The van der Waals surface area contributed by atoms with Crippen molar-refractivity contribution in [2.24, 2.45) is 0 Å². The Kier molecular flexibility index (Phi) is 3.51. The molecule has 2 heterocycles. The van der Waals surface area contributed by atoms with Crippen molar-refractivity contribution in [1.29, 1.82) is 0 Å². The van der Waals surface area contributed by atoms with Gasteiger partial charge in [-0.05, 0) is 22.0 Å². The quantitative estimate of drug-likeness (QED) is 0.904. The summed E-state index contributed by atoms with van der Waals surface area (Å²) in [5.74, 6) is 0.399. The summed E-state index contributed by atoms with van der Waals surface area (Å²) >= 11 is 3.25. The molecule has 0 aliphatic heterocycles. The van der Waals surface area contributed by atoms with Gasteiger partial charge in [0.25, 0.3) is 0 Å². The lowest BCUT2D eigenvalue weighted by atomic mass is 10.3. The van der Waals surface area contributed by atoms with Gasteiger partial charge in [0.1, 0.15) is 4.90 Å². The number of aromatic nitrogens is 3. The highest BCUT2D eigenvalue weighted by molar-refractivity contribution is 9.10. The van der Waals surface area contributed by atoms with Crippen molar-refractivity contribution in [3.8, 4) is 5.82 Å². The molecule has 0 saturated heterocycles.